The van der Waals surface area contributed by atoms with E-state index in [1.807, 2.05) is 0 Å². The summed E-state index contributed by atoms with van der Waals surface area (Å²) in [4.78, 5) is 11.1. The largest absolute Gasteiger partial charge is 0.478 e. The van der Waals surface area contributed by atoms with Crippen molar-refractivity contribution in [3.63, 3.8) is 0 Å². The predicted molar refractivity (Wildman–Crippen MR) is 75.0 cm³/mol. The topological polar surface area (TPSA) is 46.5 Å². The Kier molecular flexibility index (Phi) is 3.86. The number of carboxylic acid groups (broad SMARTS) is 1. The minimum absolute atomic E-state index is 0.0890. The average Bonchev–Trinajstić information content (AvgIpc) is 2.38. The molecule has 0 aliphatic heterocycles. The van der Waals surface area contributed by atoms with Crippen LogP contribution in [0, 0.1) is 11.3 Å². The number of carbonyl (C=O) groups is 1. The zero-order valence-electron chi connectivity index (χ0n) is 12.2. The van der Waals surface area contributed by atoms with Crippen molar-refractivity contribution in [2.45, 2.75) is 52.1 Å². The molecule has 0 saturated heterocycles. The molecular weight excluding hydrogens is 240 g/mol. The number of hydrogen-bond donors (Lipinski definition) is 1. The Hall–Kier alpha value is -1.09. The molecule has 106 valence electrons. The molecule has 2 aliphatic rings. The predicted octanol–water partition coefficient (Wildman–Crippen LogP) is 3.56. The molecule has 0 aromatic rings. The van der Waals surface area contributed by atoms with Crippen molar-refractivity contribution < 1.29 is 14.6 Å². The molecular formula is C16H24O3. The minimum atomic E-state index is -0.856. The van der Waals surface area contributed by atoms with Crippen LogP contribution in [0.25, 0.3) is 0 Å². The molecule has 0 amide bonds. The van der Waals surface area contributed by atoms with Crippen molar-refractivity contribution in [1.82, 2.24) is 0 Å². The number of ether oxygens (including phenoxy) is 1. The molecule has 1 fully saturated rings. The van der Waals surface area contributed by atoms with Crippen LogP contribution in [0.2, 0.25) is 0 Å². The quantitative estimate of drug-likeness (QED) is 0.626. The minimum Gasteiger partial charge on any atom is -0.478 e. The van der Waals surface area contributed by atoms with Crippen molar-refractivity contribution in [3.8, 4) is 0 Å². The smallest absolute Gasteiger partial charge is 0.331 e. The number of aliphatic carboxylic acids is 1. The van der Waals surface area contributed by atoms with Gasteiger partial charge in [0.2, 0.25) is 0 Å². The second-order valence-electron chi connectivity index (χ2n) is 6.26. The summed E-state index contributed by atoms with van der Waals surface area (Å²) in [5.74, 6) is -0.767. The second kappa shape index (κ2) is 5.12. The second-order valence-corrected chi connectivity index (χ2v) is 6.26. The fraction of sp³-hybridized carbons (Fsp3) is 0.688. The summed E-state index contributed by atoms with van der Waals surface area (Å²) in [6.07, 6.45) is 5.27. The fourth-order valence-corrected chi connectivity index (χ4v) is 3.78. The lowest BCUT2D eigenvalue weighted by Crippen LogP contribution is -2.36. The Morgan fingerprint density at radius 3 is 2.63 bits per heavy atom. The van der Waals surface area contributed by atoms with E-state index in [0.717, 1.165) is 32.1 Å². The normalized spacial score (nSPS) is 34.9. The molecule has 1 saturated carbocycles. The van der Waals surface area contributed by atoms with Crippen molar-refractivity contribution in [1.29, 1.82) is 0 Å². The summed E-state index contributed by atoms with van der Waals surface area (Å²) in [5.41, 5.74) is 3.35. The molecule has 3 heteroatoms. The van der Waals surface area contributed by atoms with Crippen molar-refractivity contribution >= 4 is 5.97 Å². The summed E-state index contributed by atoms with van der Waals surface area (Å²) in [7, 11) is 1.76. The molecule has 0 radical (unpaired) electrons. The maximum Gasteiger partial charge on any atom is 0.331 e. The highest BCUT2D eigenvalue weighted by molar-refractivity contribution is 5.86. The van der Waals surface area contributed by atoms with E-state index in [1.54, 1.807) is 7.11 Å². The molecule has 2 aliphatic carbocycles. The van der Waals surface area contributed by atoms with Gasteiger partial charge < -0.3 is 9.84 Å². The number of carboxylic acids is 1. The van der Waals surface area contributed by atoms with Gasteiger partial charge in [0.15, 0.2) is 0 Å². The van der Waals surface area contributed by atoms with Gasteiger partial charge in [0.05, 0.1) is 6.10 Å². The summed E-state index contributed by atoms with van der Waals surface area (Å²) in [6.45, 7) is 8.21. The van der Waals surface area contributed by atoms with E-state index in [1.165, 1.54) is 11.1 Å². The Balaban J connectivity index is 2.28. The molecule has 0 aromatic heterocycles. The SMILES string of the molecule is C=C(C(=O)O)[C@@H]1CC[C@@]2(C)CC[C@@H](OC)C(C)=C2C1. The van der Waals surface area contributed by atoms with Crippen LogP contribution < -0.4 is 0 Å². The summed E-state index contributed by atoms with van der Waals surface area (Å²) in [6, 6.07) is 0. The van der Waals surface area contributed by atoms with E-state index in [9.17, 15) is 4.79 Å². The van der Waals surface area contributed by atoms with Gasteiger partial charge in [0.25, 0.3) is 0 Å². The molecule has 3 nitrogen and oxygen atoms in total. The van der Waals surface area contributed by atoms with Crippen molar-refractivity contribution in [2.75, 3.05) is 7.11 Å². The van der Waals surface area contributed by atoms with Gasteiger partial charge in [-0.2, -0.15) is 0 Å². The summed E-state index contributed by atoms with van der Waals surface area (Å²) < 4.78 is 5.54. The highest BCUT2D eigenvalue weighted by atomic mass is 16.5. The van der Waals surface area contributed by atoms with Gasteiger partial charge in [0, 0.05) is 12.7 Å². The molecule has 0 heterocycles. The Morgan fingerprint density at radius 2 is 2.05 bits per heavy atom. The van der Waals surface area contributed by atoms with Crippen LogP contribution >= 0.6 is 0 Å². The number of methoxy groups -OCH3 is 1. The van der Waals surface area contributed by atoms with Gasteiger partial charge in [-0.3, -0.25) is 0 Å². The lowest BCUT2D eigenvalue weighted by atomic mass is 9.60. The number of allylic oxidation sites excluding steroid dienone is 1. The van der Waals surface area contributed by atoms with Gasteiger partial charge in [-0.25, -0.2) is 4.79 Å². The summed E-state index contributed by atoms with van der Waals surface area (Å²) in [5, 5.41) is 9.12. The highest BCUT2D eigenvalue weighted by Gasteiger charge is 2.41. The van der Waals surface area contributed by atoms with Crippen LogP contribution in [0.5, 0.6) is 0 Å². The third kappa shape index (κ3) is 2.48. The molecule has 3 atom stereocenters. The van der Waals surface area contributed by atoms with E-state index in [4.69, 9.17) is 9.84 Å². The lowest BCUT2D eigenvalue weighted by Gasteiger charge is -2.46. The number of hydrogen-bond acceptors (Lipinski definition) is 2. The Labute approximate surface area is 115 Å². The number of fused-ring (bicyclic) bond motifs is 1. The van der Waals surface area contributed by atoms with Crippen molar-refractivity contribution in [3.05, 3.63) is 23.3 Å². The zero-order chi connectivity index (χ0) is 14.2. The first-order valence-electron chi connectivity index (χ1n) is 7.04. The van der Waals surface area contributed by atoms with Gasteiger partial charge in [-0.1, -0.05) is 19.1 Å². The third-order valence-electron chi connectivity index (χ3n) is 5.19. The van der Waals surface area contributed by atoms with Crippen LogP contribution in [0.15, 0.2) is 23.3 Å². The zero-order valence-corrected chi connectivity index (χ0v) is 12.2. The molecule has 1 N–H and O–H groups in total. The van der Waals surface area contributed by atoms with Gasteiger partial charge in [-0.05, 0) is 55.9 Å². The lowest BCUT2D eigenvalue weighted by molar-refractivity contribution is -0.133. The first kappa shape index (κ1) is 14.3. The maximum absolute atomic E-state index is 11.1. The van der Waals surface area contributed by atoms with Crippen LogP contribution in [0.1, 0.15) is 46.0 Å². The molecule has 0 unspecified atom stereocenters. The molecule has 0 aromatic carbocycles. The van der Waals surface area contributed by atoms with Crippen LogP contribution in [0.3, 0.4) is 0 Å². The monoisotopic (exact) mass is 264 g/mol. The maximum atomic E-state index is 11.1. The highest BCUT2D eigenvalue weighted by Crippen LogP contribution is 2.52. The van der Waals surface area contributed by atoms with Gasteiger partial charge in [0.1, 0.15) is 0 Å². The van der Waals surface area contributed by atoms with Crippen molar-refractivity contribution in [2.24, 2.45) is 11.3 Å². The molecule has 19 heavy (non-hydrogen) atoms. The van der Waals surface area contributed by atoms with E-state index in [2.05, 4.69) is 20.4 Å². The van der Waals surface area contributed by atoms with E-state index >= 15 is 0 Å². The average molecular weight is 264 g/mol. The first-order chi connectivity index (χ1) is 8.89. The van der Waals surface area contributed by atoms with Gasteiger partial charge >= 0.3 is 5.97 Å². The summed E-state index contributed by atoms with van der Waals surface area (Å²) >= 11 is 0. The fourth-order valence-electron chi connectivity index (χ4n) is 3.78. The van der Waals surface area contributed by atoms with E-state index in [-0.39, 0.29) is 17.4 Å². The molecule has 0 spiro atoms. The van der Waals surface area contributed by atoms with Crippen LogP contribution in [0.4, 0.5) is 0 Å². The van der Waals surface area contributed by atoms with Gasteiger partial charge in [-0.15, -0.1) is 0 Å². The van der Waals surface area contributed by atoms with Crippen LogP contribution in [-0.2, 0) is 9.53 Å². The third-order valence-corrected chi connectivity index (χ3v) is 5.19. The number of rotatable bonds is 3. The van der Waals surface area contributed by atoms with E-state index < -0.39 is 5.97 Å². The standard InChI is InChI=1S/C16H24O3/c1-10(15(17)18)12-5-7-16(3)8-6-14(19-4)11(2)13(16)9-12/h12,14H,1,5-9H2,2-4H3,(H,17,18)/t12-,14-,16+/m1/s1. The van der Waals surface area contributed by atoms with Crippen LogP contribution in [-0.4, -0.2) is 24.3 Å². The molecule has 2 rings (SSSR count). The first-order valence-corrected chi connectivity index (χ1v) is 7.04. The molecule has 0 bridgehead atoms. The Bertz CT molecular complexity index is 435. The Morgan fingerprint density at radius 1 is 1.42 bits per heavy atom. The van der Waals surface area contributed by atoms with E-state index in [0.29, 0.717) is 5.57 Å².